The van der Waals surface area contributed by atoms with E-state index in [1.165, 1.54) is 0 Å². The minimum Gasteiger partial charge on any atom is -0.439 e. The van der Waals surface area contributed by atoms with Gasteiger partial charge in [0.1, 0.15) is 12.2 Å². The Kier molecular flexibility index (Phi) is 2.74. The zero-order valence-electron chi connectivity index (χ0n) is 6.12. The Balaban J connectivity index is 2.65. The fraction of sp³-hybridized carbons (Fsp3) is 0.667. The summed E-state index contributed by atoms with van der Waals surface area (Å²) in [5, 5.41) is 26.6. The fourth-order valence-corrected chi connectivity index (χ4v) is 0.849. The van der Waals surface area contributed by atoms with Gasteiger partial charge in [0.05, 0.1) is 6.61 Å². The molecule has 6 nitrogen and oxygen atoms in total. The van der Waals surface area contributed by atoms with Crippen LogP contribution >= 0.6 is 0 Å². The molecular formula is C6H9NO5. The number of aliphatic hydroxyl groups is 3. The van der Waals surface area contributed by atoms with E-state index in [1.54, 1.807) is 0 Å². The second kappa shape index (κ2) is 3.61. The number of aliphatic imine (C=N–C) groups is 1. The van der Waals surface area contributed by atoms with Crippen molar-refractivity contribution in [1.82, 2.24) is 0 Å². The number of carbonyl (C=O) groups excluding carboxylic acids is 1. The highest BCUT2D eigenvalue weighted by Crippen LogP contribution is 2.09. The minimum absolute atomic E-state index is 0.581. The lowest BCUT2D eigenvalue weighted by molar-refractivity contribution is -0.0627. The number of rotatable bonds is 2. The molecule has 3 N–H and O–H groups in total. The average Bonchev–Trinajstić information content (AvgIpc) is 2.08. The van der Waals surface area contributed by atoms with Crippen LogP contribution in [0.15, 0.2) is 4.99 Å². The monoisotopic (exact) mass is 175 g/mol. The number of carbonyl (C=O) groups is 1. The van der Waals surface area contributed by atoms with Gasteiger partial charge in [0.25, 0.3) is 0 Å². The maximum absolute atomic E-state index is 10.5. The zero-order valence-corrected chi connectivity index (χ0v) is 6.12. The Morgan fingerprint density at radius 1 is 1.75 bits per heavy atom. The summed E-state index contributed by atoms with van der Waals surface area (Å²) >= 11 is 0. The van der Waals surface area contributed by atoms with E-state index in [0.29, 0.717) is 0 Å². The van der Waals surface area contributed by atoms with Crippen molar-refractivity contribution in [3.8, 4) is 0 Å². The van der Waals surface area contributed by atoms with Crippen molar-refractivity contribution in [1.29, 1.82) is 0 Å². The maximum Gasteiger partial charge on any atom is 0.433 e. The van der Waals surface area contributed by atoms with Crippen LogP contribution < -0.4 is 0 Å². The van der Waals surface area contributed by atoms with Gasteiger partial charge in [-0.2, -0.15) is 4.99 Å². The van der Waals surface area contributed by atoms with Crippen LogP contribution in [0.2, 0.25) is 0 Å². The van der Waals surface area contributed by atoms with E-state index in [2.05, 4.69) is 9.73 Å². The van der Waals surface area contributed by atoms with Crippen molar-refractivity contribution in [3.63, 3.8) is 0 Å². The number of hydrogen-bond donors (Lipinski definition) is 3. The van der Waals surface area contributed by atoms with Crippen LogP contribution in [0.5, 0.6) is 0 Å². The van der Waals surface area contributed by atoms with Crippen LogP contribution in [0.25, 0.3) is 0 Å². The van der Waals surface area contributed by atoms with E-state index < -0.39 is 31.0 Å². The van der Waals surface area contributed by atoms with Crippen molar-refractivity contribution in [2.24, 2.45) is 4.99 Å². The Morgan fingerprint density at radius 3 is 3.00 bits per heavy atom. The van der Waals surface area contributed by atoms with Crippen molar-refractivity contribution in [2.75, 3.05) is 6.61 Å². The predicted octanol–water partition coefficient (Wildman–Crippen LogP) is -1.71. The molecule has 0 radical (unpaired) electrons. The Hall–Kier alpha value is -0.980. The first-order chi connectivity index (χ1) is 5.65. The molecule has 0 aromatic heterocycles. The first-order valence-electron chi connectivity index (χ1n) is 3.37. The Bertz CT molecular complexity index is 204. The van der Waals surface area contributed by atoms with Crippen LogP contribution in [0.4, 0.5) is 4.79 Å². The number of ether oxygens (including phenoxy) is 1. The molecular weight excluding hydrogens is 166 g/mol. The first-order valence-corrected chi connectivity index (χ1v) is 3.37. The van der Waals surface area contributed by atoms with Crippen molar-refractivity contribution in [3.05, 3.63) is 0 Å². The number of amides is 1. The van der Waals surface area contributed by atoms with Crippen LogP contribution in [0.3, 0.4) is 0 Å². The molecule has 1 heterocycles. The van der Waals surface area contributed by atoms with Gasteiger partial charge in [-0.25, -0.2) is 4.79 Å². The fourth-order valence-electron chi connectivity index (χ4n) is 0.849. The summed E-state index contributed by atoms with van der Waals surface area (Å²) in [5.41, 5.74) is 0. The number of aliphatic hydroxyl groups excluding tert-OH is 3. The molecule has 0 spiro atoms. The third-order valence-electron chi connectivity index (χ3n) is 1.47. The number of hydrogen-bond acceptors (Lipinski definition) is 5. The molecule has 3 atom stereocenters. The molecule has 3 unspecified atom stereocenters. The van der Waals surface area contributed by atoms with E-state index >= 15 is 0 Å². The molecule has 1 rings (SSSR count). The Labute approximate surface area is 68.1 Å². The van der Waals surface area contributed by atoms with E-state index in [0.717, 1.165) is 6.21 Å². The molecule has 1 amide bonds. The van der Waals surface area contributed by atoms with Gasteiger partial charge in [0, 0.05) is 6.21 Å². The van der Waals surface area contributed by atoms with Gasteiger partial charge in [0.2, 0.25) is 0 Å². The number of nitrogens with zero attached hydrogens (tertiary/aromatic N) is 1. The van der Waals surface area contributed by atoms with E-state index in [-0.39, 0.29) is 0 Å². The smallest absolute Gasteiger partial charge is 0.433 e. The second-order valence-corrected chi connectivity index (χ2v) is 2.37. The second-order valence-electron chi connectivity index (χ2n) is 2.37. The zero-order chi connectivity index (χ0) is 9.14. The van der Waals surface area contributed by atoms with Gasteiger partial charge in [-0.1, -0.05) is 0 Å². The molecule has 1 aliphatic rings. The van der Waals surface area contributed by atoms with Gasteiger partial charge >= 0.3 is 6.09 Å². The highest BCUT2D eigenvalue weighted by atomic mass is 16.6. The third-order valence-corrected chi connectivity index (χ3v) is 1.47. The van der Waals surface area contributed by atoms with E-state index in [9.17, 15) is 4.79 Å². The van der Waals surface area contributed by atoms with Gasteiger partial charge < -0.3 is 20.1 Å². The lowest BCUT2D eigenvalue weighted by Crippen LogP contribution is -2.45. The highest BCUT2D eigenvalue weighted by molar-refractivity contribution is 5.84. The summed E-state index contributed by atoms with van der Waals surface area (Å²) in [6.45, 7) is -0.581. The number of cyclic esters (lactones) is 1. The van der Waals surface area contributed by atoms with Crippen molar-refractivity contribution >= 4 is 12.3 Å². The molecule has 0 fully saturated rings. The largest absolute Gasteiger partial charge is 0.439 e. The van der Waals surface area contributed by atoms with Gasteiger partial charge in [-0.15, -0.1) is 0 Å². The van der Waals surface area contributed by atoms with Gasteiger partial charge in [-0.05, 0) is 0 Å². The molecule has 12 heavy (non-hydrogen) atoms. The standard InChI is InChI=1S/C6H9NO5/c8-2-4(10)5-3(9)1-7-6(11)12-5/h1,3-5,8-10H,2H2. The summed E-state index contributed by atoms with van der Waals surface area (Å²) in [7, 11) is 0. The lowest BCUT2D eigenvalue weighted by Gasteiger charge is -2.25. The quantitative estimate of drug-likeness (QED) is 0.464. The summed E-state index contributed by atoms with van der Waals surface area (Å²) in [6.07, 6.45) is -3.48. The van der Waals surface area contributed by atoms with Crippen molar-refractivity contribution < 1.29 is 24.9 Å². The minimum atomic E-state index is -1.28. The Morgan fingerprint density at radius 2 is 2.42 bits per heavy atom. The molecule has 1 aliphatic heterocycles. The van der Waals surface area contributed by atoms with Crippen molar-refractivity contribution in [2.45, 2.75) is 18.3 Å². The lowest BCUT2D eigenvalue weighted by atomic mass is 10.1. The summed E-state index contributed by atoms with van der Waals surface area (Å²) in [4.78, 5) is 13.7. The highest BCUT2D eigenvalue weighted by Gasteiger charge is 2.32. The maximum atomic E-state index is 10.5. The van der Waals surface area contributed by atoms with Crippen LogP contribution in [-0.4, -0.2) is 52.5 Å². The molecule has 0 aromatic carbocycles. The van der Waals surface area contributed by atoms with Gasteiger partial charge in [0.15, 0.2) is 6.10 Å². The predicted molar refractivity (Wildman–Crippen MR) is 37.9 cm³/mol. The van der Waals surface area contributed by atoms with Crippen LogP contribution in [-0.2, 0) is 4.74 Å². The molecule has 0 aliphatic carbocycles. The topological polar surface area (TPSA) is 99.4 Å². The third kappa shape index (κ3) is 1.79. The van der Waals surface area contributed by atoms with Gasteiger partial charge in [-0.3, -0.25) is 0 Å². The summed E-state index contributed by atoms with van der Waals surface area (Å²) < 4.78 is 4.45. The molecule has 0 bridgehead atoms. The molecule has 6 heteroatoms. The molecule has 0 saturated heterocycles. The molecule has 68 valence electrons. The van der Waals surface area contributed by atoms with E-state index in [1.807, 2.05) is 0 Å². The van der Waals surface area contributed by atoms with Crippen LogP contribution in [0, 0.1) is 0 Å². The van der Waals surface area contributed by atoms with E-state index in [4.69, 9.17) is 15.3 Å². The first kappa shape index (κ1) is 9.11. The average molecular weight is 175 g/mol. The molecule has 0 aromatic rings. The molecule has 0 saturated carbocycles. The summed E-state index contributed by atoms with van der Waals surface area (Å²) in [5.74, 6) is 0. The normalized spacial score (nSPS) is 31.4. The van der Waals surface area contributed by atoms with Crippen LogP contribution in [0.1, 0.15) is 0 Å². The SMILES string of the molecule is O=C1N=CC(O)C(C(O)CO)O1. The summed E-state index contributed by atoms with van der Waals surface area (Å²) in [6, 6.07) is 0.